The van der Waals surface area contributed by atoms with Crippen molar-refractivity contribution in [3.63, 3.8) is 0 Å². The van der Waals surface area contributed by atoms with E-state index in [9.17, 15) is 9.59 Å². The van der Waals surface area contributed by atoms with Gasteiger partial charge in [-0.3, -0.25) is 14.5 Å². The predicted molar refractivity (Wildman–Crippen MR) is 114 cm³/mol. The van der Waals surface area contributed by atoms with Gasteiger partial charge in [0.1, 0.15) is 11.5 Å². The Kier molecular flexibility index (Phi) is 5.31. The lowest BCUT2D eigenvalue weighted by Gasteiger charge is -2.25. The van der Waals surface area contributed by atoms with Gasteiger partial charge in [-0.2, -0.15) is 0 Å². The normalized spacial score (nSPS) is 16.9. The topological polar surface area (TPSA) is 104 Å². The first-order valence-corrected chi connectivity index (χ1v) is 9.87. The van der Waals surface area contributed by atoms with Crippen LogP contribution in [0, 0.1) is 6.92 Å². The number of hydrogen-bond acceptors (Lipinski definition) is 5. The summed E-state index contributed by atoms with van der Waals surface area (Å²) in [5.74, 6) is 0.0264. The molecule has 0 spiro atoms. The van der Waals surface area contributed by atoms with E-state index in [0.717, 1.165) is 25.9 Å². The SMILES string of the molecule is Cc1cccc(CN2CCCC2CNC(=O)c2cc(=O)[nH]c3nc(N)ccc23)c1. The second-order valence-corrected chi connectivity index (χ2v) is 7.65. The second kappa shape index (κ2) is 8.05. The summed E-state index contributed by atoms with van der Waals surface area (Å²) in [7, 11) is 0. The molecule has 4 rings (SSSR count). The first kappa shape index (κ1) is 19.1. The third-order valence-corrected chi connectivity index (χ3v) is 5.43. The number of hydrogen-bond donors (Lipinski definition) is 3. The van der Waals surface area contributed by atoms with Gasteiger partial charge in [0.25, 0.3) is 5.91 Å². The van der Waals surface area contributed by atoms with Crippen LogP contribution in [0.1, 0.15) is 34.3 Å². The van der Waals surface area contributed by atoms with Crippen molar-refractivity contribution in [2.75, 3.05) is 18.8 Å². The molecule has 1 amide bonds. The number of rotatable bonds is 5. The van der Waals surface area contributed by atoms with E-state index in [1.807, 2.05) is 0 Å². The Morgan fingerprint density at radius 3 is 3.00 bits per heavy atom. The molecule has 1 saturated heterocycles. The monoisotopic (exact) mass is 391 g/mol. The second-order valence-electron chi connectivity index (χ2n) is 7.65. The van der Waals surface area contributed by atoms with Gasteiger partial charge < -0.3 is 16.0 Å². The summed E-state index contributed by atoms with van der Waals surface area (Å²) in [5, 5.41) is 3.59. The number of carbonyl (C=O) groups excluding carboxylic acids is 1. The molecular formula is C22H25N5O2. The Balaban J connectivity index is 1.46. The number of carbonyl (C=O) groups is 1. The number of aryl methyl sites for hydroxylation is 1. The van der Waals surface area contributed by atoms with Crippen molar-refractivity contribution in [3.05, 3.63) is 69.5 Å². The number of anilines is 1. The van der Waals surface area contributed by atoms with E-state index in [4.69, 9.17) is 5.73 Å². The zero-order valence-corrected chi connectivity index (χ0v) is 16.4. The molecular weight excluding hydrogens is 366 g/mol. The van der Waals surface area contributed by atoms with Crippen LogP contribution in [0.2, 0.25) is 0 Å². The number of nitrogens with two attached hydrogens (primary N) is 1. The van der Waals surface area contributed by atoms with Crippen LogP contribution in [0.4, 0.5) is 5.82 Å². The van der Waals surface area contributed by atoms with Crippen LogP contribution < -0.4 is 16.6 Å². The lowest BCUT2D eigenvalue weighted by atomic mass is 10.1. The highest BCUT2D eigenvalue weighted by molar-refractivity contribution is 6.05. The van der Waals surface area contributed by atoms with Gasteiger partial charge >= 0.3 is 0 Å². The zero-order valence-electron chi connectivity index (χ0n) is 16.4. The Bertz CT molecular complexity index is 1110. The maximum atomic E-state index is 12.8. The third-order valence-electron chi connectivity index (χ3n) is 5.43. The molecule has 1 aromatic carbocycles. The van der Waals surface area contributed by atoms with Crippen molar-refractivity contribution in [2.45, 2.75) is 32.4 Å². The molecule has 1 aliphatic heterocycles. The number of aromatic nitrogens is 2. The number of aromatic amines is 1. The van der Waals surface area contributed by atoms with Crippen LogP contribution in [0.5, 0.6) is 0 Å². The molecule has 7 heteroatoms. The number of nitrogens with one attached hydrogen (secondary N) is 2. The van der Waals surface area contributed by atoms with Crippen LogP contribution in [0.15, 0.2) is 47.3 Å². The quantitative estimate of drug-likeness (QED) is 0.619. The average molecular weight is 391 g/mol. The highest BCUT2D eigenvalue weighted by Gasteiger charge is 2.25. The number of benzene rings is 1. The van der Waals surface area contributed by atoms with Crippen LogP contribution in [0.3, 0.4) is 0 Å². The molecule has 1 fully saturated rings. The van der Waals surface area contributed by atoms with Crippen LogP contribution in [-0.4, -0.2) is 39.9 Å². The van der Waals surface area contributed by atoms with E-state index in [1.165, 1.54) is 17.2 Å². The predicted octanol–water partition coefficient (Wildman–Crippen LogP) is 2.21. The lowest BCUT2D eigenvalue weighted by Crippen LogP contribution is -2.40. The van der Waals surface area contributed by atoms with Crippen molar-refractivity contribution >= 4 is 22.8 Å². The molecule has 1 aliphatic rings. The fourth-order valence-electron chi connectivity index (χ4n) is 4.02. The highest BCUT2D eigenvalue weighted by Crippen LogP contribution is 2.21. The van der Waals surface area contributed by atoms with Crippen molar-refractivity contribution in [1.29, 1.82) is 0 Å². The summed E-state index contributed by atoms with van der Waals surface area (Å²) in [6.07, 6.45) is 2.16. The zero-order chi connectivity index (χ0) is 20.4. The molecule has 0 aliphatic carbocycles. The van der Waals surface area contributed by atoms with Crippen molar-refractivity contribution in [3.8, 4) is 0 Å². The molecule has 29 heavy (non-hydrogen) atoms. The van der Waals surface area contributed by atoms with Gasteiger partial charge in [-0.15, -0.1) is 0 Å². The van der Waals surface area contributed by atoms with E-state index in [1.54, 1.807) is 12.1 Å². The number of likely N-dealkylation sites (tertiary alicyclic amines) is 1. The van der Waals surface area contributed by atoms with Crippen molar-refractivity contribution < 1.29 is 4.79 Å². The van der Waals surface area contributed by atoms with Gasteiger partial charge in [0.2, 0.25) is 5.56 Å². The first-order valence-electron chi connectivity index (χ1n) is 9.87. The Morgan fingerprint density at radius 1 is 1.31 bits per heavy atom. The lowest BCUT2D eigenvalue weighted by molar-refractivity contribution is 0.0941. The first-order chi connectivity index (χ1) is 14.0. The molecule has 0 saturated carbocycles. The standard InChI is InChI=1S/C22H25N5O2/c1-14-4-2-5-15(10-14)13-27-9-3-6-16(27)12-24-22(29)18-11-20(28)26-21-17(18)7-8-19(23)25-21/h2,4-5,7-8,10-11,16H,3,6,9,12-13H2,1H3,(H,24,29)(H3,23,25,26,28). The average Bonchev–Trinajstić information content (AvgIpc) is 3.12. The summed E-state index contributed by atoms with van der Waals surface area (Å²) in [4.78, 5) is 33.9. The van der Waals surface area contributed by atoms with E-state index < -0.39 is 0 Å². The number of amides is 1. The van der Waals surface area contributed by atoms with Gasteiger partial charge in [0, 0.05) is 30.6 Å². The molecule has 3 aromatic rings. The minimum absolute atomic E-state index is 0.268. The van der Waals surface area contributed by atoms with E-state index >= 15 is 0 Å². The molecule has 7 nitrogen and oxygen atoms in total. The summed E-state index contributed by atoms with van der Waals surface area (Å²) < 4.78 is 0. The van der Waals surface area contributed by atoms with E-state index in [0.29, 0.717) is 29.0 Å². The molecule has 0 bridgehead atoms. The molecule has 150 valence electrons. The maximum absolute atomic E-state index is 12.8. The van der Waals surface area contributed by atoms with Crippen LogP contribution in [-0.2, 0) is 6.54 Å². The summed E-state index contributed by atoms with van der Waals surface area (Å²) in [6, 6.07) is 13.4. The molecule has 2 aromatic heterocycles. The van der Waals surface area contributed by atoms with Gasteiger partial charge in [-0.25, -0.2) is 4.98 Å². The number of H-pyrrole nitrogens is 1. The smallest absolute Gasteiger partial charge is 0.252 e. The molecule has 1 unspecified atom stereocenters. The van der Waals surface area contributed by atoms with Crippen LogP contribution in [0.25, 0.3) is 11.0 Å². The maximum Gasteiger partial charge on any atom is 0.252 e. The number of pyridine rings is 2. The number of fused-ring (bicyclic) bond motifs is 1. The summed E-state index contributed by atoms with van der Waals surface area (Å²) in [6.45, 7) is 4.53. The Hall–Kier alpha value is -3.19. The van der Waals surface area contributed by atoms with Gasteiger partial charge in [-0.05, 0) is 44.0 Å². The molecule has 0 radical (unpaired) electrons. The molecule has 3 heterocycles. The van der Waals surface area contributed by atoms with E-state index in [2.05, 4.69) is 51.4 Å². The largest absolute Gasteiger partial charge is 0.384 e. The van der Waals surface area contributed by atoms with Gasteiger partial charge in [0.15, 0.2) is 0 Å². The number of nitrogens with zero attached hydrogens (tertiary/aromatic N) is 2. The van der Waals surface area contributed by atoms with Gasteiger partial charge in [-0.1, -0.05) is 29.8 Å². The highest BCUT2D eigenvalue weighted by atomic mass is 16.2. The Morgan fingerprint density at radius 2 is 2.17 bits per heavy atom. The van der Waals surface area contributed by atoms with E-state index in [-0.39, 0.29) is 17.5 Å². The number of nitrogen functional groups attached to an aromatic ring is 1. The fourth-order valence-corrected chi connectivity index (χ4v) is 4.02. The van der Waals surface area contributed by atoms with Crippen LogP contribution >= 0.6 is 0 Å². The third kappa shape index (κ3) is 4.30. The van der Waals surface area contributed by atoms with Crippen molar-refractivity contribution in [1.82, 2.24) is 20.2 Å². The minimum Gasteiger partial charge on any atom is -0.384 e. The summed E-state index contributed by atoms with van der Waals surface area (Å²) >= 11 is 0. The van der Waals surface area contributed by atoms with Crippen molar-refractivity contribution in [2.24, 2.45) is 0 Å². The molecule has 4 N–H and O–H groups in total. The minimum atomic E-state index is -0.373. The summed E-state index contributed by atoms with van der Waals surface area (Å²) in [5.41, 5.74) is 8.50. The Labute approximate surface area is 168 Å². The van der Waals surface area contributed by atoms with Gasteiger partial charge in [0.05, 0.1) is 5.56 Å². The fraction of sp³-hybridized carbons (Fsp3) is 0.318. The molecule has 1 atom stereocenters.